The highest BCUT2D eigenvalue weighted by Crippen LogP contribution is 2.26. The SMILES string of the molecule is COc1ccc(CCC(=O)NC2CCC3OCCOC3C2)cc1. The Hall–Kier alpha value is -1.59. The second-order valence-corrected chi connectivity index (χ2v) is 6.24. The second kappa shape index (κ2) is 7.79. The van der Waals surface area contributed by atoms with Crippen LogP contribution in [-0.2, 0) is 20.7 Å². The zero-order chi connectivity index (χ0) is 16.1. The Morgan fingerprint density at radius 2 is 1.91 bits per heavy atom. The number of nitrogens with one attached hydrogen (secondary N) is 1. The molecule has 5 heteroatoms. The van der Waals surface area contributed by atoms with E-state index in [1.807, 2.05) is 24.3 Å². The number of hydrogen-bond acceptors (Lipinski definition) is 4. The van der Waals surface area contributed by atoms with Gasteiger partial charge in [0.15, 0.2) is 0 Å². The molecule has 0 spiro atoms. The lowest BCUT2D eigenvalue weighted by atomic mass is 9.89. The summed E-state index contributed by atoms with van der Waals surface area (Å²) in [6.45, 7) is 1.36. The van der Waals surface area contributed by atoms with Gasteiger partial charge in [0.2, 0.25) is 5.91 Å². The monoisotopic (exact) mass is 319 g/mol. The van der Waals surface area contributed by atoms with Gasteiger partial charge >= 0.3 is 0 Å². The van der Waals surface area contributed by atoms with Crippen LogP contribution in [-0.4, -0.2) is 44.5 Å². The molecular weight excluding hydrogens is 294 g/mol. The van der Waals surface area contributed by atoms with Crippen LogP contribution >= 0.6 is 0 Å². The Morgan fingerprint density at radius 3 is 2.65 bits per heavy atom. The summed E-state index contributed by atoms with van der Waals surface area (Å²) in [5.74, 6) is 0.950. The van der Waals surface area contributed by atoms with Gasteiger partial charge in [-0.15, -0.1) is 0 Å². The van der Waals surface area contributed by atoms with Crippen molar-refractivity contribution in [2.24, 2.45) is 0 Å². The Labute approximate surface area is 137 Å². The third-order valence-corrected chi connectivity index (χ3v) is 4.64. The lowest BCUT2D eigenvalue weighted by Gasteiger charge is -2.39. The molecule has 1 aromatic rings. The van der Waals surface area contributed by atoms with Crippen molar-refractivity contribution < 1.29 is 19.0 Å². The minimum Gasteiger partial charge on any atom is -0.497 e. The van der Waals surface area contributed by atoms with E-state index in [4.69, 9.17) is 14.2 Å². The van der Waals surface area contributed by atoms with Gasteiger partial charge in [0.1, 0.15) is 5.75 Å². The highest BCUT2D eigenvalue weighted by molar-refractivity contribution is 5.76. The molecule has 3 atom stereocenters. The minimum atomic E-state index is 0.112. The number of aryl methyl sites for hydroxylation is 1. The first kappa shape index (κ1) is 16.3. The van der Waals surface area contributed by atoms with Gasteiger partial charge in [-0.25, -0.2) is 0 Å². The van der Waals surface area contributed by atoms with E-state index in [0.717, 1.165) is 37.0 Å². The molecule has 23 heavy (non-hydrogen) atoms. The quantitative estimate of drug-likeness (QED) is 0.903. The third kappa shape index (κ3) is 4.45. The van der Waals surface area contributed by atoms with E-state index >= 15 is 0 Å². The molecule has 3 unspecified atom stereocenters. The van der Waals surface area contributed by atoms with E-state index < -0.39 is 0 Å². The number of carbonyl (C=O) groups excluding carboxylic acids is 1. The van der Waals surface area contributed by atoms with Crippen molar-refractivity contribution in [3.8, 4) is 5.75 Å². The standard InChI is InChI=1S/C18H25NO4/c1-21-15-6-2-13(3-7-15)4-9-18(20)19-14-5-8-16-17(12-14)23-11-10-22-16/h2-3,6-7,14,16-17H,4-5,8-12H2,1H3,(H,19,20). The fourth-order valence-electron chi connectivity index (χ4n) is 3.35. The molecule has 3 rings (SSSR count). The normalized spacial score (nSPS) is 27.1. The van der Waals surface area contributed by atoms with Crippen molar-refractivity contribution in [2.45, 2.75) is 50.4 Å². The molecule has 2 fully saturated rings. The van der Waals surface area contributed by atoms with Crippen LogP contribution in [0.2, 0.25) is 0 Å². The summed E-state index contributed by atoms with van der Waals surface area (Å²) in [5, 5.41) is 3.15. The van der Waals surface area contributed by atoms with Crippen LogP contribution in [0, 0.1) is 0 Å². The summed E-state index contributed by atoms with van der Waals surface area (Å²) >= 11 is 0. The van der Waals surface area contributed by atoms with E-state index in [2.05, 4.69) is 5.32 Å². The average Bonchev–Trinajstić information content (AvgIpc) is 2.60. The third-order valence-electron chi connectivity index (χ3n) is 4.64. The molecule has 1 heterocycles. The van der Waals surface area contributed by atoms with Crippen molar-refractivity contribution in [1.82, 2.24) is 5.32 Å². The number of amides is 1. The molecule has 0 radical (unpaired) electrons. The molecule has 0 bridgehead atoms. The van der Waals surface area contributed by atoms with Gasteiger partial charge in [-0.2, -0.15) is 0 Å². The Bertz CT molecular complexity index is 516. The van der Waals surface area contributed by atoms with Gasteiger partial charge in [-0.05, 0) is 43.4 Å². The minimum absolute atomic E-state index is 0.112. The Balaban J connectivity index is 1.42. The average molecular weight is 319 g/mol. The maximum Gasteiger partial charge on any atom is 0.220 e. The Morgan fingerprint density at radius 1 is 1.17 bits per heavy atom. The number of ether oxygens (including phenoxy) is 3. The van der Waals surface area contributed by atoms with Crippen molar-refractivity contribution in [3.05, 3.63) is 29.8 Å². The van der Waals surface area contributed by atoms with Crippen LogP contribution in [0.5, 0.6) is 5.75 Å². The summed E-state index contributed by atoms with van der Waals surface area (Å²) in [6.07, 6.45) is 4.41. The van der Waals surface area contributed by atoms with Crippen LogP contribution in [0.4, 0.5) is 0 Å². The van der Waals surface area contributed by atoms with Crippen LogP contribution in [0.15, 0.2) is 24.3 Å². The van der Waals surface area contributed by atoms with Gasteiger partial charge in [0, 0.05) is 12.5 Å². The van der Waals surface area contributed by atoms with Gasteiger partial charge < -0.3 is 19.5 Å². The van der Waals surface area contributed by atoms with Crippen molar-refractivity contribution in [3.63, 3.8) is 0 Å². The molecule has 1 aliphatic carbocycles. The molecule has 126 valence electrons. The van der Waals surface area contributed by atoms with E-state index in [0.29, 0.717) is 19.6 Å². The summed E-state index contributed by atoms with van der Waals surface area (Å²) in [6, 6.07) is 8.07. The molecule has 1 N–H and O–H groups in total. The highest BCUT2D eigenvalue weighted by atomic mass is 16.6. The smallest absolute Gasteiger partial charge is 0.220 e. The molecule has 1 aliphatic heterocycles. The number of carbonyl (C=O) groups is 1. The van der Waals surface area contributed by atoms with Crippen LogP contribution in [0.3, 0.4) is 0 Å². The summed E-state index contributed by atoms with van der Waals surface area (Å²) in [7, 11) is 1.65. The maximum absolute atomic E-state index is 12.2. The molecular formula is C18H25NO4. The zero-order valence-corrected chi connectivity index (χ0v) is 13.6. The van der Waals surface area contributed by atoms with Gasteiger partial charge in [0.25, 0.3) is 0 Å². The van der Waals surface area contributed by atoms with Crippen molar-refractivity contribution >= 4 is 5.91 Å². The number of fused-ring (bicyclic) bond motifs is 1. The molecule has 0 aromatic heterocycles. The molecule has 5 nitrogen and oxygen atoms in total. The maximum atomic E-state index is 12.2. The lowest BCUT2D eigenvalue weighted by molar-refractivity contribution is -0.158. The number of hydrogen-bond donors (Lipinski definition) is 1. The van der Waals surface area contributed by atoms with Crippen molar-refractivity contribution in [1.29, 1.82) is 0 Å². The van der Waals surface area contributed by atoms with E-state index in [1.165, 1.54) is 0 Å². The lowest BCUT2D eigenvalue weighted by Crippen LogP contribution is -2.49. The van der Waals surface area contributed by atoms with Gasteiger partial charge in [0.05, 0.1) is 32.5 Å². The summed E-state index contributed by atoms with van der Waals surface area (Å²) in [5.41, 5.74) is 1.15. The molecule has 1 saturated carbocycles. The first-order chi connectivity index (χ1) is 11.2. The predicted octanol–water partition coefficient (Wildman–Crippen LogP) is 2.08. The summed E-state index contributed by atoms with van der Waals surface area (Å²) < 4.78 is 16.6. The van der Waals surface area contributed by atoms with E-state index in [-0.39, 0.29) is 24.2 Å². The van der Waals surface area contributed by atoms with Crippen molar-refractivity contribution in [2.75, 3.05) is 20.3 Å². The zero-order valence-electron chi connectivity index (χ0n) is 13.6. The van der Waals surface area contributed by atoms with E-state index in [9.17, 15) is 4.79 Å². The predicted molar refractivity (Wildman–Crippen MR) is 86.6 cm³/mol. The first-order valence-electron chi connectivity index (χ1n) is 8.40. The van der Waals surface area contributed by atoms with Gasteiger partial charge in [-0.1, -0.05) is 12.1 Å². The fraction of sp³-hybridized carbons (Fsp3) is 0.611. The van der Waals surface area contributed by atoms with Crippen LogP contribution < -0.4 is 10.1 Å². The Kier molecular flexibility index (Phi) is 5.51. The molecule has 2 aliphatic rings. The molecule has 1 saturated heterocycles. The highest BCUT2D eigenvalue weighted by Gasteiger charge is 2.34. The van der Waals surface area contributed by atoms with Gasteiger partial charge in [-0.3, -0.25) is 4.79 Å². The number of methoxy groups -OCH3 is 1. The largest absolute Gasteiger partial charge is 0.497 e. The fourth-order valence-corrected chi connectivity index (χ4v) is 3.35. The van der Waals surface area contributed by atoms with Crippen LogP contribution in [0.1, 0.15) is 31.2 Å². The van der Waals surface area contributed by atoms with E-state index in [1.54, 1.807) is 7.11 Å². The summed E-state index contributed by atoms with van der Waals surface area (Å²) in [4.78, 5) is 12.2. The first-order valence-corrected chi connectivity index (χ1v) is 8.40. The number of rotatable bonds is 5. The molecule has 1 amide bonds. The topological polar surface area (TPSA) is 56.8 Å². The molecule has 1 aromatic carbocycles. The number of benzene rings is 1. The second-order valence-electron chi connectivity index (χ2n) is 6.24. The van der Waals surface area contributed by atoms with Crippen LogP contribution in [0.25, 0.3) is 0 Å².